The lowest BCUT2D eigenvalue weighted by Crippen LogP contribution is -2.27. The van der Waals surface area contributed by atoms with Crippen molar-refractivity contribution in [3.8, 4) is 0 Å². The van der Waals surface area contributed by atoms with E-state index in [1.807, 2.05) is 38.4 Å². The fraction of sp³-hybridized carbons (Fsp3) is 0.222. The molecular weight excluding hydrogens is 406 g/mol. The zero-order valence-corrected chi connectivity index (χ0v) is 16.3. The molecule has 2 rings (SSSR count). The van der Waals surface area contributed by atoms with Gasteiger partial charge in [-0.1, -0.05) is 23.7 Å². The van der Waals surface area contributed by atoms with Gasteiger partial charge >= 0.3 is 0 Å². The van der Waals surface area contributed by atoms with Crippen LogP contribution in [-0.2, 0) is 11.3 Å². The minimum Gasteiger partial charge on any atom is -0.348 e. The second-order valence-corrected chi connectivity index (χ2v) is 7.08. The molecule has 0 aliphatic carbocycles. The van der Waals surface area contributed by atoms with E-state index in [0.29, 0.717) is 33.8 Å². The maximum Gasteiger partial charge on any atom is 0.252 e. The highest BCUT2D eigenvalue weighted by Crippen LogP contribution is 2.21. The number of nitrogens with one attached hydrogen (secondary N) is 2. The minimum absolute atomic E-state index is 0.0888. The largest absolute Gasteiger partial charge is 0.348 e. The van der Waals surface area contributed by atoms with Gasteiger partial charge < -0.3 is 15.5 Å². The number of anilines is 1. The molecule has 0 aromatic heterocycles. The van der Waals surface area contributed by atoms with Crippen LogP contribution in [0, 0.1) is 0 Å². The first-order chi connectivity index (χ1) is 11.8. The van der Waals surface area contributed by atoms with Crippen molar-refractivity contribution in [2.24, 2.45) is 0 Å². The van der Waals surface area contributed by atoms with E-state index in [1.165, 1.54) is 0 Å². The second-order valence-electron chi connectivity index (χ2n) is 5.79. The van der Waals surface area contributed by atoms with Crippen LogP contribution >= 0.6 is 27.5 Å². The van der Waals surface area contributed by atoms with Crippen LogP contribution in [0.4, 0.5) is 5.69 Å². The van der Waals surface area contributed by atoms with Gasteiger partial charge in [0.25, 0.3) is 5.91 Å². The van der Waals surface area contributed by atoms with Crippen molar-refractivity contribution in [3.63, 3.8) is 0 Å². The molecule has 25 heavy (non-hydrogen) atoms. The zero-order chi connectivity index (χ0) is 18.4. The number of carbonyl (C=O) groups is 2. The SMILES string of the molecule is CN(C)CC(=O)Nc1cccc(CNC(=O)c2cc(Cl)ccc2Br)c1. The predicted octanol–water partition coefficient (Wildman–Crippen LogP) is 3.53. The van der Waals surface area contributed by atoms with Gasteiger partial charge in [-0.25, -0.2) is 0 Å². The van der Waals surface area contributed by atoms with Gasteiger partial charge in [0.1, 0.15) is 0 Å². The van der Waals surface area contributed by atoms with E-state index in [0.717, 1.165) is 5.56 Å². The van der Waals surface area contributed by atoms with Crippen molar-refractivity contribution in [1.82, 2.24) is 10.2 Å². The summed E-state index contributed by atoms with van der Waals surface area (Å²) in [6.07, 6.45) is 0. The molecule has 0 unspecified atom stereocenters. The Morgan fingerprint density at radius 3 is 2.64 bits per heavy atom. The predicted molar refractivity (Wildman–Crippen MR) is 104 cm³/mol. The van der Waals surface area contributed by atoms with Crippen LogP contribution in [0.25, 0.3) is 0 Å². The van der Waals surface area contributed by atoms with Crippen molar-refractivity contribution in [2.45, 2.75) is 6.54 Å². The third kappa shape index (κ3) is 6.16. The van der Waals surface area contributed by atoms with Crippen LogP contribution in [0.3, 0.4) is 0 Å². The number of nitrogens with zero attached hydrogens (tertiary/aromatic N) is 1. The number of carbonyl (C=O) groups excluding carboxylic acids is 2. The summed E-state index contributed by atoms with van der Waals surface area (Å²) >= 11 is 9.28. The Bertz CT molecular complexity index is 781. The van der Waals surface area contributed by atoms with Gasteiger partial charge in [-0.05, 0) is 65.9 Å². The molecule has 7 heteroatoms. The number of likely N-dealkylation sites (N-methyl/N-ethyl adjacent to an activating group) is 1. The summed E-state index contributed by atoms with van der Waals surface area (Å²) in [5.41, 5.74) is 2.06. The molecule has 0 saturated heterocycles. The fourth-order valence-corrected chi connectivity index (χ4v) is 2.79. The van der Waals surface area contributed by atoms with E-state index in [9.17, 15) is 9.59 Å². The molecule has 0 spiro atoms. The van der Waals surface area contributed by atoms with E-state index >= 15 is 0 Å². The van der Waals surface area contributed by atoms with Gasteiger partial charge in [0.2, 0.25) is 5.91 Å². The maximum atomic E-state index is 12.3. The van der Waals surface area contributed by atoms with Gasteiger partial charge in [-0.15, -0.1) is 0 Å². The Morgan fingerprint density at radius 2 is 1.92 bits per heavy atom. The molecule has 0 fully saturated rings. The first-order valence-electron chi connectivity index (χ1n) is 7.62. The summed E-state index contributed by atoms with van der Waals surface area (Å²) in [5, 5.41) is 6.18. The van der Waals surface area contributed by atoms with Crippen molar-refractivity contribution in [1.29, 1.82) is 0 Å². The van der Waals surface area contributed by atoms with E-state index in [4.69, 9.17) is 11.6 Å². The molecule has 0 bridgehead atoms. The van der Waals surface area contributed by atoms with Crippen molar-refractivity contribution >= 4 is 45.0 Å². The van der Waals surface area contributed by atoms with Crippen LogP contribution < -0.4 is 10.6 Å². The topological polar surface area (TPSA) is 61.4 Å². The highest BCUT2D eigenvalue weighted by molar-refractivity contribution is 9.10. The molecule has 0 aliphatic heterocycles. The average Bonchev–Trinajstić information content (AvgIpc) is 2.54. The Labute approximate surface area is 160 Å². The summed E-state index contributed by atoms with van der Waals surface area (Å²) < 4.78 is 0.680. The van der Waals surface area contributed by atoms with Crippen LogP contribution in [0.15, 0.2) is 46.9 Å². The third-order valence-corrected chi connectivity index (χ3v) is 4.22. The first kappa shape index (κ1) is 19.4. The molecule has 132 valence electrons. The van der Waals surface area contributed by atoms with E-state index in [-0.39, 0.29) is 11.8 Å². The van der Waals surface area contributed by atoms with E-state index in [1.54, 1.807) is 23.1 Å². The lowest BCUT2D eigenvalue weighted by Gasteiger charge is -2.11. The summed E-state index contributed by atoms with van der Waals surface area (Å²) in [6, 6.07) is 12.4. The number of benzene rings is 2. The number of hydrogen-bond donors (Lipinski definition) is 2. The number of amides is 2. The molecule has 2 aromatic carbocycles. The van der Waals surface area contributed by atoms with Gasteiger partial charge in [0, 0.05) is 21.7 Å². The zero-order valence-electron chi connectivity index (χ0n) is 14.0. The molecule has 0 atom stereocenters. The number of rotatable bonds is 6. The van der Waals surface area contributed by atoms with Crippen molar-refractivity contribution < 1.29 is 9.59 Å². The van der Waals surface area contributed by atoms with Gasteiger partial charge in [-0.3, -0.25) is 9.59 Å². The fourth-order valence-electron chi connectivity index (χ4n) is 2.20. The normalized spacial score (nSPS) is 10.6. The molecule has 0 saturated carbocycles. The van der Waals surface area contributed by atoms with Crippen molar-refractivity contribution in [2.75, 3.05) is 26.0 Å². The summed E-state index contributed by atoms with van der Waals surface area (Å²) in [4.78, 5) is 25.9. The Morgan fingerprint density at radius 1 is 1.16 bits per heavy atom. The molecule has 2 N–H and O–H groups in total. The monoisotopic (exact) mass is 423 g/mol. The third-order valence-electron chi connectivity index (χ3n) is 3.30. The van der Waals surface area contributed by atoms with E-state index < -0.39 is 0 Å². The van der Waals surface area contributed by atoms with E-state index in [2.05, 4.69) is 26.6 Å². The highest BCUT2D eigenvalue weighted by atomic mass is 79.9. The van der Waals surface area contributed by atoms with Crippen LogP contribution in [0.5, 0.6) is 0 Å². The number of halogens is 2. The highest BCUT2D eigenvalue weighted by Gasteiger charge is 2.11. The molecule has 0 aliphatic rings. The lowest BCUT2D eigenvalue weighted by molar-refractivity contribution is -0.116. The van der Waals surface area contributed by atoms with Gasteiger partial charge in [0.15, 0.2) is 0 Å². The first-order valence-corrected chi connectivity index (χ1v) is 8.79. The standard InChI is InChI=1S/C18H19BrClN3O2/c1-23(2)11-17(24)22-14-5-3-4-12(8-14)10-21-18(25)15-9-13(20)6-7-16(15)19/h3-9H,10-11H2,1-2H3,(H,21,25)(H,22,24). The van der Waals surface area contributed by atoms with Crippen molar-refractivity contribution in [3.05, 3.63) is 63.1 Å². The average molecular weight is 425 g/mol. The maximum absolute atomic E-state index is 12.3. The summed E-state index contributed by atoms with van der Waals surface area (Å²) in [7, 11) is 3.67. The lowest BCUT2D eigenvalue weighted by atomic mass is 10.1. The molecular formula is C18H19BrClN3O2. The van der Waals surface area contributed by atoms with Gasteiger partial charge in [-0.2, -0.15) is 0 Å². The van der Waals surface area contributed by atoms with Crippen LogP contribution in [0.2, 0.25) is 5.02 Å². The van der Waals surface area contributed by atoms with Crippen LogP contribution in [0.1, 0.15) is 15.9 Å². The summed E-state index contributed by atoms with van der Waals surface area (Å²) in [6.45, 7) is 0.652. The Balaban J connectivity index is 1.99. The Kier molecular flexibility index (Phi) is 6.99. The van der Waals surface area contributed by atoms with Crippen LogP contribution in [-0.4, -0.2) is 37.4 Å². The summed E-state index contributed by atoms with van der Waals surface area (Å²) in [5.74, 6) is -0.314. The second kappa shape index (κ2) is 8.99. The Hall–Kier alpha value is -1.89. The molecule has 0 radical (unpaired) electrons. The minimum atomic E-state index is -0.226. The quantitative estimate of drug-likeness (QED) is 0.746. The molecule has 0 heterocycles. The molecule has 2 amide bonds. The smallest absolute Gasteiger partial charge is 0.252 e. The molecule has 5 nitrogen and oxygen atoms in total. The number of hydrogen-bond acceptors (Lipinski definition) is 3. The van der Waals surface area contributed by atoms with Gasteiger partial charge in [0.05, 0.1) is 12.1 Å². The molecule has 2 aromatic rings.